The molecule has 0 saturated carbocycles. The second-order valence-electron chi connectivity index (χ2n) is 9.17. The first-order valence-electron chi connectivity index (χ1n) is 12.3. The smallest absolute Gasteiger partial charge is 0.410 e. The maximum absolute atomic E-state index is 13.6. The maximum atomic E-state index is 13.6. The average molecular weight is 529 g/mol. The lowest BCUT2D eigenvalue weighted by molar-refractivity contribution is -0.137. The van der Waals surface area contributed by atoms with Crippen molar-refractivity contribution in [1.82, 2.24) is 4.57 Å². The molecule has 5 aromatic rings. The fourth-order valence-corrected chi connectivity index (χ4v) is 5.01. The monoisotopic (exact) mass is 528 g/mol. The van der Waals surface area contributed by atoms with Crippen LogP contribution >= 0.6 is 0 Å². The molecule has 5 rings (SSSR count). The number of fused-ring (bicyclic) bond motifs is 3. The quantitative estimate of drug-likeness (QED) is 0.108. The molecular weight excluding hydrogens is 505 g/mol. The first-order chi connectivity index (χ1) is 18.7. The van der Waals surface area contributed by atoms with Gasteiger partial charge in [-0.15, -0.1) is 0 Å². The zero-order chi connectivity index (χ0) is 27.9. The average Bonchev–Trinajstić information content (AvgIpc) is 3.25. The zero-order valence-corrected chi connectivity index (χ0v) is 21.1. The highest BCUT2D eigenvalue weighted by Gasteiger charge is 2.35. The first-order valence-corrected chi connectivity index (χ1v) is 12.3. The van der Waals surface area contributed by atoms with Crippen LogP contribution in [0.4, 0.5) is 13.2 Å². The van der Waals surface area contributed by atoms with Crippen molar-refractivity contribution >= 4 is 39.1 Å². The highest BCUT2D eigenvalue weighted by molar-refractivity contribution is 6.51. The van der Waals surface area contributed by atoms with Gasteiger partial charge in [0.1, 0.15) is 0 Å². The van der Waals surface area contributed by atoms with Crippen molar-refractivity contribution in [3.05, 3.63) is 118 Å². The molecular formula is C31H23F3N2O3. The Hall–Kier alpha value is -4.72. The van der Waals surface area contributed by atoms with E-state index in [1.807, 2.05) is 17.6 Å². The van der Waals surface area contributed by atoms with Crippen molar-refractivity contribution in [2.75, 3.05) is 0 Å². The molecule has 1 heterocycles. The number of hydrogen-bond acceptors (Lipinski definition) is 4. The Morgan fingerprint density at radius 1 is 0.821 bits per heavy atom. The van der Waals surface area contributed by atoms with Crippen molar-refractivity contribution in [2.45, 2.75) is 26.6 Å². The Morgan fingerprint density at radius 3 is 1.97 bits per heavy atom. The van der Waals surface area contributed by atoms with Gasteiger partial charge in [-0.2, -0.15) is 13.2 Å². The normalized spacial score (nSPS) is 12.3. The summed E-state index contributed by atoms with van der Waals surface area (Å²) in [4.78, 5) is 26.7. The second-order valence-corrected chi connectivity index (χ2v) is 9.17. The molecule has 8 heteroatoms. The number of hydrogen-bond donors (Lipinski definition) is 1. The Balaban J connectivity index is 1.65. The highest BCUT2D eigenvalue weighted by Crippen LogP contribution is 2.35. The lowest BCUT2D eigenvalue weighted by Crippen LogP contribution is -2.17. The molecule has 196 valence electrons. The summed E-state index contributed by atoms with van der Waals surface area (Å²) in [5.41, 5.74) is 1.67. The third-order valence-electron chi connectivity index (χ3n) is 6.90. The van der Waals surface area contributed by atoms with E-state index in [-0.39, 0.29) is 16.8 Å². The Kier molecular flexibility index (Phi) is 6.56. The number of aryl methyl sites for hydroxylation is 2. The number of aromatic nitrogens is 1. The Bertz CT molecular complexity index is 1800. The topological polar surface area (TPSA) is 71.7 Å². The van der Waals surface area contributed by atoms with Crippen LogP contribution in [0, 0.1) is 6.92 Å². The number of Topliss-reactive ketones (excluding diaryl/α,β-unsaturated/α-hetero) is 1. The van der Waals surface area contributed by atoms with E-state index >= 15 is 0 Å². The summed E-state index contributed by atoms with van der Waals surface area (Å²) in [5.74, 6) is -1.24. The molecule has 0 aliphatic rings. The minimum atomic E-state index is -4.67. The van der Waals surface area contributed by atoms with Gasteiger partial charge in [0.15, 0.2) is 11.5 Å². The second kappa shape index (κ2) is 9.87. The van der Waals surface area contributed by atoms with Crippen LogP contribution in [-0.4, -0.2) is 27.1 Å². The van der Waals surface area contributed by atoms with Crippen LogP contribution in [0.25, 0.3) is 21.8 Å². The molecule has 0 bridgehead atoms. The number of carbonyl (C=O) groups excluding carboxylic acids is 2. The van der Waals surface area contributed by atoms with E-state index in [9.17, 15) is 28.0 Å². The van der Waals surface area contributed by atoms with E-state index < -0.39 is 28.9 Å². The van der Waals surface area contributed by atoms with Gasteiger partial charge in [0.25, 0.3) is 0 Å². The summed E-state index contributed by atoms with van der Waals surface area (Å²) in [6.45, 7) is 4.34. The van der Waals surface area contributed by atoms with Gasteiger partial charge in [-0.3, -0.25) is 9.59 Å². The number of benzene rings is 4. The molecule has 0 amide bonds. The largest absolute Gasteiger partial charge is 0.417 e. The summed E-state index contributed by atoms with van der Waals surface area (Å²) in [6, 6.07) is 21.6. The molecule has 0 fully saturated rings. The van der Waals surface area contributed by atoms with Gasteiger partial charge in [0, 0.05) is 50.6 Å². The first kappa shape index (κ1) is 25.9. The Morgan fingerprint density at radius 2 is 1.38 bits per heavy atom. The van der Waals surface area contributed by atoms with Gasteiger partial charge >= 0.3 is 6.18 Å². The van der Waals surface area contributed by atoms with Crippen LogP contribution in [0.1, 0.15) is 49.9 Å². The van der Waals surface area contributed by atoms with Crippen LogP contribution in [0.5, 0.6) is 0 Å². The molecule has 0 unspecified atom stereocenters. The van der Waals surface area contributed by atoms with Crippen molar-refractivity contribution in [3.63, 3.8) is 0 Å². The van der Waals surface area contributed by atoms with Crippen LogP contribution in [0.15, 0.2) is 90.1 Å². The van der Waals surface area contributed by atoms with Crippen LogP contribution in [0.2, 0.25) is 0 Å². The molecule has 0 aliphatic carbocycles. The van der Waals surface area contributed by atoms with Gasteiger partial charge in [0.2, 0.25) is 5.78 Å². The fraction of sp³-hybridized carbons (Fsp3) is 0.129. The number of ketones is 2. The van der Waals surface area contributed by atoms with Crippen molar-refractivity contribution in [1.29, 1.82) is 0 Å². The predicted molar refractivity (Wildman–Crippen MR) is 144 cm³/mol. The highest BCUT2D eigenvalue weighted by atomic mass is 19.4. The van der Waals surface area contributed by atoms with E-state index in [4.69, 9.17) is 0 Å². The third-order valence-corrected chi connectivity index (χ3v) is 6.90. The molecule has 0 saturated heterocycles. The summed E-state index contributed by atoms with van der Waals surface area (Å²) >= 11 is 0. The summed E-state index contributed by atoms with van der Waals surface area (Å²) < 4.78 is 42.7. The Labute approximate surface area is 221 Å². The van der Waals surface area contributed by atoms with Gasteiger partial charge in [-0.05, 0) is 61.9 Å². The van der Waals surface area contributed by atoms with Gasteiger partial charge in [-0.1, -0.05) is 47.6 Å². The van der Waals surface area contributed by atoms with E-state index in [1.54, 1.807) is 55.5 Å². The predicted octanol–water partition coefficient (Wildman–Crippen LogP) is 7.43. The van der Waals surface area contributed by atoms with Gasteiger partial charge in [-0.25, -0.2) is 0 Å². The maximum Gasteiger partial charge on any atom is 0.417 e. The molecule has 0 aliphatic heterocycles. The van der Waals surface area contributed by atoms with Crippen LogP contribution in [-0.2, 0) is 12.7 Å². The number of nitrogens with zero attached hydrogens (tertiary/aromatic N) is 2. The number of oxime groups is 1. The number of alkyl halides is 3. The lowest BCUT2D eigenvalue weighted by atomic mass is 9.95. The van der Waals surface area contributed by atoms with Gasteiger partial charge in [0.05, 0.1) is 5.56 Å². The summed E-state index contributed by atoms with van der Waals surface area (Å²) in [6.07, 6.45) is -4.67. The molecule has 0 radical (unpaired) electrons. The molecule has 0 atom stereocenters. The minimum absolute atomic E-state index is 0.101. The molecule has 1 aromatic heterocycles. The lowest BCUT2D eigenvalue weighted by Gasteiger charge is -2.12. The third kappa shape index (κ3) is 4.48. The van der Waals surface area contributed by atoms with E-state index in [1.165, 1.54) is 24.3 Å². The molecule has 4 aromatic carbocycles. The van der Waals surface area contributed by atoms with E-state index in [0.717, 1.165) is 22.7 Å². The number of halogens is 3. The van der Waals surface area contributed by atoms with E-state index in [2.05, 4.69) is 5.16 Å². The van der Waals surface area contributed by atoms with Crippen LogP contribution < -0.4 is 0 Å². The minimum Gasteiger partial charge on any atom is -0.410 e. The summed E-state index contributed by atoms with van der Waals surface area (Å²) in [7, 11) is 0. The van der Waals surface area contributed by atoms with Crippen LogP contribution in [0.3, 0.4) is 0 Å². The molecule has 0 spiro atoms. The van der Waals surface area contributed by atoms with Gasteiger partial charge < -0.3 is 9.77 Å². The molecule has 1 N–H and O–H groups in total. The number of rotatable bonds is 6. The molecule has 5 nitrogen and oxygen atoms in total. The zero-order valence-electron chi connectivity index (χ0n) is 21.1. The standard InChI is InChI=1S/C31H23F3N2O3/c1-3-36-26-14-12-19(29(37)22-10-6-7-11-25(22)31(32,33)34)16-23(26)24-17-20(13-15-27(24)36)30(38)28(35-39)21-9-5-4-8-18(21)2/h4-17,39H,3H2,1-2H3/b35-28+. The fourth-order valence-electron chi connectivity index (χ4n) is 5.01. The number of carbonyl (C=O) groups is 2. The van der Waals surface area contributed by atoms with Crippen molar-refractivity contribution in [2.24, 2.45) is 5.16 Å². The van der Waals surface area contributed by atoms with Crippen molar-refractivity contribution in [3.8, 4) is 0 Å². The van der Waals surface area contributed by atoms with E-state index in [0.29, 0.717) is 22.9 Å². The molecule has 39 heavy (non-hydrogen) atoms. The van der Waals surface area contributed by atoms with Crippen molar-refractivity contribution < 1.29 is 28.0 Å². The summed E-state index contributed by atoms with van der Waals surface area (Å²) in [5, 5.41) is 14.2. The SMILES string of the molecule is CCn1c2ccc(C(=O)/C(=N/O)c3ccccc3C)cc2c2cc(C(=O)c3ccccc3C(F)(F)F)ccc21.